The van der Waals surface area contributed by atoms with Crippen LogP contribution in [0.5, 0.6) is 0 Å². The van der Waals surface area contributed by atoms with Gasteiger partial charge in [-0.05, 0) is 24.3 Å². The fraction of sp³-hybridized carbons (Fsp3) is 0.200. The van der Waals surface area contributed by atoms with Crippen LogP contribution in [0.4, 0.5) is 10.8 Å². The number of ether oxygens (including phenoxy) is 1. The zero-order valence-electron chi connectivity index (χ0n) is 16.6. The van der Waals surface area contributed by atoms with Gasteiger partial charge in [0, 0.05) is 41.7 Å². The number of hydrogen-bond donors (Lipinski definition) is 1. The summed E-state index contributed by atoms with van der Waals surface area (Å²) >= 11 is 1.18. The minimum Gasteiger partial charge on any atom is -0.379 e. The number of anilines is 1. The van der Waals surface area contributed by atoms with Crippen LogP contribution in [0.15, 0.2) is 58.8 Å². The van der Waals surface area contributed by atoms with E-state index in [1.54, 1.807) is 17.5 Å². The van der Waals surface area contributed by atoms with E-state index in [4.69, 9.17) is 4.74 Å². The first kappa shape index (κ1) is 22.0. The van der Waals surface area contributed by atoms with E-state index < -0.39 is 20.9 Å². The predicted octanol–water partition coefficient (Wildman–Crippen LogP) is 2.99. The minimum absolute atomic E-state index is 0.0480. The third kappa shape index (κ3) is 4.67. The highest BCUT2D eigenvalue weighted by Gasteiger charge is 2.26. The van der Waals surface area contributed by atoms with E-state index in [0.717, 1.165) is 0 Å². The molecule has 0 atom stereocenters. The largest absolute Gasteiger partial charge is 0.379 e. The summed E-state index contributed by atoms with van der Waals surface area (Å²) in [6.07, 6.45) is 0. The van der Waals surface area contributed by atoms with Gasteiger partial charge in [-0.2, -0.15) is 4.31 Å². The Hall–Kier alpha value is -3.19. The Morgan fingerprint density at radius 3 is 2.56 bits per heavy atom. The molecule has 32 heavy (non-hydrogen) atoms. The Bertz CT molecular complexity index is 1250. The molecule has 0 bridgehead atoms. The van der Waals surface area contributed by atoms with Gasteiger partial charge in [-0.25, -0.2) is 13.4 Å². The highest BCUT2D eigenvalue weighted by molar-refractivity contribution is 7.89. The quantitative estimate of drug-likeness (QED) is 0.429. The van der Waals surface area contributed by atoms with Gasteiger partial charge in [-0.3, -0.25) is 20.2 Å². The fourth-order valence-electron chi connectivity index (χ4n) is 3.13. The number of amides is 1. The number of benzene rings is 2. The SMILES string of the molecule is O=C(Nc1nc(-c2cccc([N+](=O)[O-])c2)cs1)c1ccc(S(=O)(=O)N2CCOCC2)cc1. The smallest absolute Gasteiger partial charge is 0.270 e. The van der Waals surface area contributed by atoms with E-state index in [-0.39, 0.29) is 16.1 Å². The van der Waals surface area contributed by atoms with Crippen molar-refractivity contribution >= 4 is 38.1 Å². The van der Waals surface area contributed by atoms with E-state index >= 15 is 0 Å². The topological polar surface area (TPSA) is 132 Å². The van der Waals surface area contributed by atoms with Crippen LogP contribution in [0.1, 0.15) is 10.4 Å². The lowest BCUT2D eigenvalue weighted by Crippen LogP contribution is -2.40. The molecule has 0 spiro atoms. The lowest BCUT2D eigenvalue weighted by Gasteiger charge is -2.26. The number of nitrogens with zero attached hydrogens (tertiary/aromatic N) is 3. The van der Waals surface area contributed by atoms with E-state index in [9.17, 15) is 23.3 Å². The van der Waals surface area contributed by atoms with Crippen LogP contribution in [0.3, 0.4) is 0 Å². The average molecular weight is 475 g/mol. The number of morpholine rings is 1. The highest BCUT2D eigenvalue weighted by atomic mass is 32.2. The lowest BCUT2D eigenvalue weighted by atomic mass is 10.1. The Morgan fingerprint density at radius 1 is 1.16 bits per heavy atom. The van der Waals surface area contributed by atoms with Crippen molar-refractivity contribution in [3.8, 4) is 11.3 Å². The van der Waals surface area contributed by atoms with Gasteiger partial charge < -0.3 is 4.74 Å². The van der Waals surface area contributed by atoms with E-state index in [2.05, 4.69) is 10.3 Å². The molecule has 1 N–H and O–H groups in total. The molecule has 0 saturated carbocycles. The molecule has 1 aliphatic heterocycles. The molecule has 166 valence electrons. The molecule has 0 aliphatic carbocycles. The van der Waals surface area contributed by atoms with Crippen LogP contribution in [0.2, 0.25) is 0 Å². The van der Waals surface area contributed by atoms with Crippen molar-refractivity contribution in [3.63, 3.8) is 0 Å². The highest BCUT2D eigenvalue weighted by Crippen LogP contribution is 2.28. The Balaban J connectivity index is 1.46. The third-order valence-electron chi connectivity index (χ3n) is 4.80. The number of rotatable bonds is 6. The Labute approximate surface area is 187 Å². The summed E-state index contributed by atoms with van der Waals surface area (Å²) in [6.45, 7) is 1.29. The van der Waals surface area contributed by atoms with Crippen LogP contribution in [-0.4, -0.2) is 54.8 Å². The molecule has 12 heteroatoms. The summed E-state index contributed by atoms with van der Waals surface area (Å²) in [6, 6.07) is 11.7. The molecule has 1 fully saturated rings. The molecule has 1 saturated heterocycles. The summed E-state index contributed by atoms with van der Waals surface area (Å²) in [5.41, 5.74) is 1.29. The van der Waals surface area contributed by atoms with Gasteiger partial charge in [-0.1, -0.05) is 12.1 Å². The summed E-state index contributed by atoms with van der Waals surface area (Å²) in [7, 11) is -3.64. The predicted molar refractivity (Wildman–Crippen MR) is 118 cm³/mol. The number of thiazole rings is 1. The molecule has 1 aromatic heterocycles. The average Bonchev–Trinajstić information content (AvgIpc) is 3.28. The number of carbonyl (C=O) groups is 1. The van der Waals surface area contributed by atoms with Gasteiger partial charge in [-0.15, -0.1) is 11.3 Å². The maximum Gasteiger partial charge on any atom is 0.270 e. The molecule has 2 aromatic carbocycles. The summed E-state index contributed by atoms with van der Waals surface area (Å²) < 4.78 is 31.9. The van der Waals surface area contributed by atoms with Crippen LogP contribution >= 0.6 is 11.3 Å². The molecule has 3 aromatic rings. The van der Waals surface area contributed by atoms with Gasteiger partial charge in [0.05, 0.1) is 28.7 Å². The van der Waals surface area contributed by atoms with E-state index in [1.165, 1.54) is 52.0 Å². The molecule has 1 aliphatic rings. The lowest BCUT2D eigenvalue weighted by molar-refractivity contribution is -0.384. The van der Waals surface area contributed by atoms with E-state index in [0.29, 0.717) is 42.7 Å². The number of nitro benzene ring substituents is 1. The minimum atomic E-state index is -3.64. The molecule has 10 nitrogen and oxygen atoms in total. The van der Waals surface area contributed by atoms with Gasteiger partial charge >= 0.3 is 0 Å². The maximum absolute atomic E-state index is 12.7. The number of nitro groups is 1. The first-order chi connectivity index (χ1) is 15.3. The number of sulfonamides is 1. The van der Waals surface area contributed by atoms with Crippen LogP contribution in [-0.2, 0) is 14.8 Å². The second-order valence-electron chi connectivity index (χ2n) is 6.84. The molecule has 1 amide bonds. The summed E-state index contributed by atoms with van der Waals surface area (Å²) in [4.78, 5) is 27.4. The number of hydrogen-bond acceptors (Lipinski definition) is 8. The molecule has 0 unspecified atom stereocenters. The monoisotopic (exact) mass is 474 g/mol. The normalized spacial score (nSPS) is 14.8. The number of non-ortho nitro benzene ring substituents is 1. The van der Waals surface area contributed by atoms with Crippen molar-refractivity contribution in [2.24, 2.45) is 0 Å². The van der Waals surface area contributed by atoms with Gasteiger partial charge in [0.25, 0.3) is 11.6 Å². The van der Waals surface area contributed by atoms with Gasteiger partial charge in [0.1, 0.15) is 0 Å². The zero-order valence-corrected chi connectivity index (χ0v) is 18.3. The third-order valence-corrected chi connectivity index (χ3v) is 7.47. The summed E-state index contributed by atoms with van der Waals surface area (Å²) in [5, 5.41) is 15.6. The van der Waals surface area contributed by atoms with Crippen LogP contribution in [0.25, 0.3) is 11.3 Å². The van der Waals surface area contributed by atoms with Crippen molar-refractivity contribution in [2.75, 3.05) is 31.6 Å². The number of nitrogens with one attached hydrogen (secondary N) is 1. The maximum atomic E-state index is 12.7. The van der Waals surface area contributed by atoms with Crippen molar-refractivity contribution in [1.29, 1.82) is 0 Å². The van der Waals surface area contributed by atoms with Crippen molar-refractivity contribution < 1.29 is 22.9 Å². The first-order valence-corrected chi connectivity index (χ1v) is 11.9. The Kier molecular flexibility index (Phi) is 6.28. The second kappa shape index (κ2) is 9.12. The van der Waals surface area contributed by atoms with Crippen molar-refractivity contribution in [3.05, 3.63) is 69.6 Å². The molecule has 2 heterocycles. The number of carbonyl (C=O) groups excluding carboxylic acids is 1. The standard InChI is InChI=1S/C20H18N4O6S2/c25-19(14-4-6-17(7-5-14)32(28,29)23-8-10-30-11-9-23)22-20-21-18(13-31-20)15-2-1-3-16(12-15)24(26)27/h1-7,12-13H,8-11H2,(H,21,22,25). The van der Waals surface area contributed by atoms with Crippen molar-refractivity contribution in [1.82, 2.24) is 9.29 Å². The number of aromatic nitrogens is 1. The van der Waals surface area contributed by atoms with Crippen LogP contribution in [0, 0.1) is 10.1 Å². The Morgan fingerprint density at radius 2 is 1.88 bits per heavy atom. The molecule has 4 rings (SSSR count). The fourth-order valence-corrected chi connectivity index (χ4v) is 5.25. The molecular weight excluding hydrogens is 456 g/mol. The van der Waals surface area contributed by atoms with Gasteiger partial charge in [0.2, 0.25) is 10.0 Å². The molecular formula is C20H18N4O6S2. The summed E-state index contributed by atoms with van der Waals surface area (Å²) in [5.74, 6) is -0.444. The first-order valence-electron chi connectivity index (χ1n) is 9.54. The van der Waals surface area contributed by atoms with E-state index in [1.807, 2.05) is 0 Å². The van der Waals surface area contributed by atoms with Crippen LogP contribution < -0.4 is 5.32 Å². The van der Waals surface area contributed by atoms with Gasteiger partial charge in [0.15, 0.2) is 5.13 Å². The zero-order chi connectivity index (χ0) is 22.7. The molecule has 0 radical (unpaired) electrons. The second-order valence-corrected chi connectivity index (χ2v) is 9.64. The van der Waals surface area contributed by atoms with Crippen molar-refractivity contribution in [2.45, 2.75) is 4.90 Å².